The number of aryl methyl sites for hydroxylation is 1. The van der Waals surface area contributed by atoms with Gasteiger partial charge in [-0.05, 0) is 12.5 Å². The van der Waals surface area contributed by atoms with Crippen molar-refractivity contribution in [3.8, 4) is 0 Å². The number of nitrogens with zero attached hydrogens (tertiary/aromatic N) is 1. The third-order valence-electron chi connectivity index (χ3n) is 2.23. The molecule has 0 aliphatic carbocycles. The van der Waals surface area contributed by atoms with Crippen molar-refractivity contribution >= 4 is 23.5 Å². The van der Waals surface area contributed by atoms with Crippen LogP contribution >= 0.6 is 12.6 Å². The Hall–Kier alpha value is -0.890. The summed E-state index contributed by atoms with van der Waals surface area (Å²) in [5, 5.41) is 1.25. The van der Waals surface area contributed by atoms with Gasteiger partial charge in [-0.2, -0.15) is 0 Å². The highest BCUT2D eigenvalue weighted by Gasteiger charge is 2.02. The summed E-state index contributed by atoms with van der Waals surface area (Å²) in [4.78, 5) is 1.07. The standard InChI is InChI=1S/C11H13NS/c1-2-7-12-8-11(13)9-5-3-4-6-10(9)12/h3-6,8,13H,2,7H2,1H3. The summed E-state index contributed by atoms with van der Waals surface area (Å²) in [5.41, 5.74) is 1.29. The number of rotatable bonds is 2. The maximum Gasteiger partial charge on any atom is 0.0491 e. The first kappa shape index (κ1) is 8.70. The lowest BCUT2D eigenvalue weighted by molar-refractivity contribution is 0.700. The summed E-state index contributed by atoms with van der Waals surface area (Å²) >= 11 is 4.44. The molecule has 0 unspecified atom stereocenters. The van der Waals surface area contributed by atoms with Crippen molar-refractivity contribution in [3.05, 3.63) is 30.5 Å². The topological polar surface area (TPSA) is 4.93 Å². The molecule has 2 aromatic rings. The van der Waals surface area contributed by atoms with Gasteiger partial charge in [-0.15, -0.1) is 12.6 Å². The molecule has 1 nitrogen and oxygen atoms in total. The van der Waals surface area contributed by atoms with E-state index in [9.17, 15) is 0 Å². The van der Waals surface area contributed by atoms with Crippen molar-refractivity contribution in [2.75, 3.05) is 0 Å². The molecule has 0 aliphatic heterocycles. The summed E-state index contributed by atoms with van der Waals surface area (Å²) in [6, 6.07) is 8.38. The molecule has 1 heterocycles. The lowest BCUT2D eigenvalue weighted by atomic mass is 10.2. The van der Waals surface area contributed by atoms with E-state index in [1.54, 1.807) is 0 Å². The van der Waals surface area contributed by atoms with Gasteiger partial charge in [-0.3, -0.25) is 0 Å². The van der Waals surface area contributed by atoms with Crippen LogP contribution in [-0.4, -0.2) is 4.57 Å². The number of hydrogen-bond donors (Lipinski definition) is 1. The predicted molar refractivity (Wildman–Crippen MR) is 59.5 cm³/mol. The molecule has 0 N–H and O–H groups in total. The SMILES string of the molecule is CCCn1cc(S)c2ccccc21. The van der Waals surface area contributed by atoms with Gasteiger partial charge in [-0.25, -0.2) is 0 Å². The number of fused-ring (bicyclic) bond motifs is 1. The fourth-order valence-electron chi connectivity index (χ4n) is 1.65. The second-order valence-corrected chi connectivity index (χ2v) is 3.71. The molecule has 0 spiro atoms. The minimum absolute atomic E-state index is 1.07. The normalized spacial score (nSPS) is 10.9. The molecule has 0 bridgehead atoms. The number of thiol groups is 1. The van der Waals surface area contributed by atoms with Crippen LogP contribution in [0, 0.1) is 0 Å². The molecule has 13 heavy (non-hydrogen) atoms. The smallest absolute Gasteiger partial charge is 0.0491 e. The van der Waals surface area contributed by atoms with Crippen LogP contribution in [-0.2, 0) is 6.54 Å². The number of aromatic nitrogens is 1. The van der Waals surface area contributed by atoms with Gasteiger partial charge in [0.25, 0.3) is 0 Å². The van der Waals surface area contributed by atoms with Gasteiger partial charge >= 0.3 is 0 Å². The van der Waals surface area contributed by atoms with Crippen LogP contribution < -0.4 is 0 Å². The number of hydrogen-bond acceptors (Lipinski definition) is 1. The molecule has 0 aliphatic rings. The average molecular weight is 191 g/mol. The lowest BCUT2D eigenvalue weighted by Gasteiger charge is -2.00. The molecule has 1 aromatic carbocycles. The molecule has 0 fully saturated rings. The summed E-state index contributed by atoms with van der Waals surface area (Å²) in [6.45, 7) is 3.26. The Morgan fingerprint density at radius 2 is 2.08 bits per heavy atom. The molecular weight excluding hydrogens is 178 g/mol. The second-order valence-electron chi connectivity index (χ2n) is 3.22. The highest BCUT2D eigenvalue weighted by Crippen LogP contribution is 2.23. The number of benzene rings is 1. The summed E-state index contributed by atoms with van der Waals surface area (Å²) in [6.07, 6.45) is 3.27. The first-order chi connectivity index (χ1) is 6.33. The summed E-state index contributed by atoms with van der Waals surface area (Å²) in [7, 11) is 0. The monoisotopic (exact) mass is 191 g/mol. The minimum Gasteiger partial charge on any atom is -0.346 e. The van der Waals surface area contributed by atoms with E-state index in [1.807, 2.05) is 0 Å². The maximum absolute atomic E-state index is 4.44. The van der Waals surface area contributed by atoms with Gasteiger partial charge in [0, 0.05) is 28.5 Å². The highest BCUT2D eigenvalue weighted by atomic mass is 32.1. The molecule has 0 saturated carbocycles. The molecule has 2 heteroatoms. The van der Waals surface area contributed by atoms with Crippen molar-refractivity contribution in [1.29, 1.82) is 0 Å². The summed E-state index contributed by atoms with van der Waals surface area (Å²) < 4.78 is 2.26. The van der Waals surface area contributed by atoms with Gasteiger partial charge in [-0.1, -0.05) is 25.1 Å². The molecule has 0 radical (unpaired) electrons. The Bertz CT molecular complexity index is 417. The van der Waals surface area contributed by atoms with Gasteiger partial charge in [0.1, 0.15) is 0 Å². The van der Waals surface area contributed by atoms with Crippen LogP contribution in [0.1, 0.15) is 13.3 Å². The quantitative estimate of drug-likeness (QED) is 0.695. The van der Waals surface area contributed by atoms with E-state index in [1.165, 1.54) is 10.9 Å². The molecule has 0 saturated heterocycles. The van der Waals surface area contributed by atoms with Crippen molar-refractivity contribution in [2.24, 2.45) is 0 Å². The Balaban J connectivity index is 2.63. The van der Waals surface area contributed by atoms with E-state index in [2.05, 4.69) is 54.6 Å². The first-order valence-corrected chi connectivity index (χ1v) is 5.04. The fraction of sp³-hybridized carbons (Fsp3) is 0.273. The van der Waals surface area contributed by atoms with E-state index in [0.717, 1.165) is 17.9 Å². The molecule has 68 valence electrons. The van der Waals surface area contributed by atoms with E-state index in [0.29, 0.717) is 0 Å². The van der Waals surface area contributed by atoms with Gasteiger partial charge in [0.05, 0.1) is 0 Å². The number of para-hydroxylation sites is 1. The van der Waals surface area contributed by atoms with Crippen molar-refractivity contribution in [2.45, 2.75) is 24.8 Å². The Morgan fingerprint density at radius 1 is 1.31 bits per heavy atom. The third-order valence-corrected chi connectivity index (χ3v) is 2.59. The van der Waals surface area contributed by atoms with Crippen LogP contribution in [0.3, 0.4) is 0 Å². The predicted octanol–water partition coefficient (Wildman–Crippen LogP) is 3.34. The minimum atomic E-state index is 1.07. The highest BCUT2D eigenvalue weighted by molar-refractivity contribution is 7.80. The van der Waals surface area contributed by atoms with Gasteiger partial charge in [0.2, 0.25) is 0 Å². The van der Waals surface area contributed by atoms with Crippen LogP contribution in [0.4, 0.5) is 0 Å². The van der Waals surface area contributed by atoms with Gasteiger partial charge in [0.15, 0.2) is 0 Å². The van der Waals surface area contributed by atoms with Crippen molar-refractivity contribution < 1.29 is 0 Å². The Morgan fingerprint density at radius 3 is 2.85 bits per heavy atom. The van der Waals surface area contributed by atoms with E-state index in [-0.39, 0.29) is 0 Å². The average Bonchev–Trinajstić information content (AvgIpc) is 2.46. The van der Waals surface area contributed by atoms with E-state index >= 15 is 0 Å². The van der Waals surface area contributed by atoms with Gasteiger partial charge < -0.3 is 4.57 Å². The van der Waals surface area contributed by atoms with Crippen LogP contribution in [0.15, 0.2) is 35.4 Å². The first-order valence-electron chi connectivity index (χ1n) is 4.59. The van der Waals surface area contributed by atoms with E-state index < -0.39 is 0 Å². The zero-order valence-electron chi connectivity index (χ0n) is 7.70. The van der Waals surface area contributed by atoms with Crippen molar-refractivity contribution in [3.63, 3.8) is 0 Å². The molecule has 2 rings (SSSR count). The van der Waals surface area contributed by atoms with E-state index in [4.69, 9.17) is 0 Å². The molecule has 1 aromatic heterocycles. The molecule has 0 amide bonds. The fourth-order valence-corrected chi connectivity index (χ4v) is 1.98. The van der Waals surface area contributed by atoms with Crippen LogP contribution in [0.5, 0.6) is 0 Å². The van der Waals surface area contributed by atoms with Crippen LogP contribution in [0.25, 0.3) is 10.9 Å². The third kappa shape index (κ3) is 1.46. The molecule has 0 atom stereocenters. The second kappa shape index (κ2) is 3.46. The zero-order valence-corrected chi connectivity index (χ0v) is 8.59. The Labute approximate surface area is 83.8 Å². The lowest BCUT2D eigenvalue weighted by Crippen LogP contribution is -1.92. The summed E-state index contributed by atoms with van der Waals surface area (Å²) in [5.74, 6) is 0. The van der Waals surface area contributed by atoms with Crippen molar-refractivity contribution in [1.82, 2.24) is 4.57 Å². The largest absolute Gasteiger partial charge is 0.346 e. The Kier molecular flexibility index (Phi) is 2.32. The molecular formula is C11H13NS. The maximum atomic E-state index is 4.44. The zero-order chi connectivity index (χ0) is 9.26. The van der Waals surface area contributed by atoms with Crippen LogP contribution in [0.2, 0.25) is 0 Å².